The molecule has 0 aliphatic rings. The Balaban J connectivity index is 1.67. The van der Waals surface area contributed by atoms with Crippen molar-refractivity contribution in [1.29, 1.82) is 0 Å². The Morgan fingerprint density at radius 2 is 1.46 bits per heavy atom. The Kier molecular flexibility index (Phi) is 9.09. The normalized spacial score (nSPS) is 10.8. The Hall–Kier alpha value is -3.67. The highest BCUT2D eigenvalue weighted by Crippen LogP contribution is 2.34. The molecule has 0 fully saturated rings. The Labute approximate surface area is 223 Å². The minimum absolute atomic E-state index is 0.0477. The zero-order chi connectivity index (χ0) is 27.2. The number of amides is 1. The molecule has 0 aromatic heterocycles. The number of sulfonamides is 1. The molecule has 196 valence electrons. The van der Waals surface area contributed by atoms with Gasteiger partial charge >= 0.3 is 5.97 Å². The summed E-state index contributed by atoms with van der Waals surface area (Å²) in [6.45, 7) is -0.430. The van der Waals surface area contributed by atoms with E-state index in [1.165, 1.54) is 75.9 Å². The number of nitrogens with one attached hydrogen (secondary N) is 2. The van der Waals surface area contributed by atoms with E-state index in [4.69, 9.17) is 42.1 Å². The molecular weight excluding hydrogens is 547 g/mol. The molecule has 0 aliphatic heterocycles. The minimum Gasteiger partial charge on any atom is -0.493 e. The van der Waals surface area contributed by atoms with Gasteiger partial charge in [-0.2, -0.15) is 0 Å². The third-order valence-electron chi connectivity index (χ3n) is 4.82. The van der Waals surface area contributed by atoms with E-state index < -0.39 is 28.5 Å². The van der Waals surface area contributed by atoms with Gasteiger partial charge in [-0.15, -0.1) is 0 Å². The van der Waals surface area contributed by atoms with Crippen molar-refractivity contribution in [3.05, 3.63) is 70.2 Å². The van der Waals surface area contributed by atoms with Crippen molar-refractivity contribution >= 4 is 56.5 Å². The van der Waals surface area contributed by atoms with Gasteiger partial charge in [0.2, 0.25) is 0 Å². The molecule has 0 bridgehead atoms. The second-order valence-corrected chi connectivity index (χ2v) is 9.87. The molecule has 0 heterocycles. The fourth-order valence-electron chi connectivity index (χ4n) is 3.14. The highest BCUT2D eigenvalue weighted by molar-refractivity contribution is 7.92. The smallest absolute Gasteiger partial charge is 0.340 e. The fraction of sp³-hybridized carbons (Fsp3) is 0.167. The topological polar surface area (TPSA) is 129 Å². The molecule has 1 amide bonds. The number of ether oxygens (including phenoxy) is 4. The van der Waals surface area contributed by atoms with E-state index in [2.05, 4.69) is 10.0 Å². The molecular formula is C24H22Cl2N2O8S. The number of hydrogen-bond acceptors (Lipinski definition) is 8. The first-order valence-electron chi connectivity index (χ1n) is 10.4. The van der Waals surface area contributed by atoms with Crippen LogP contribution in [0.15, 0.2) is 59.5 Å². The van der Waals surface area contributed by atoms with Gasteiger partial charge in [0.15, 0.2) is 18.1 Å². The van der Waals surface area contributed by atoms with Gasteiger partial charge in [-0.05, 0) is 42.5 Å². The number of esters is 1. The number of anilines is 2. The summed E-state index contributed by atoms with van der Waals surface area (Å²) < 4.78 is 48.3. The highest BCUT2D eigenvalue weighted by Gasteiger charge is 2.20. The van der Waals surface area contributed by atoms with E-state index in [-0.39, 0.29) is 49.1 Å². The molecule has 0 aliphatic carbocycles. The number of rotatable bonds is 10. The van der Waals surface area contributed by atoms with Gasteiger partial charge in [0.25, 0.3) is 15.9 Å². The number of halogens is 2. The van der Waals surface area contributed by atoms with Crippen molar-refractivity contribution < 1.29 is 37.0 Å². The molecule has 13 heteroatoms. The number of hydrogen-bond donors (Lipinski definition) is 2. The summed E-state index contributed by atoms with van der Waals surface area (Å²) in [7, 11) is 0.0920. The molecule has 2 N–H and O–H groups in total. The lowest BCUT2D eigenvalue weighted by Crippen LogP contribution is -2.22. The Morgan fingerprint density at radius 1 is 0.865 bits per heavy atom. The maximum atomic E-state index is 12.7. The van der Waals surface area contributed by atoms with Crippen LogP contribution < -0.4 is 24.2 Å². The molecule has 0 atom stereocenters. The van der Waals surface area contributed by atoms with Crippen LogP contribution in [0.25, 0.3) is 0 Å². The second kappa shape index (κ2) is 12.0. The van der Waals surface area contributed by atoms with Crippen molar-refractivity contribution in [1.82, 2.24) is 0 Å². The average molecular weight is 569 g/mol. The summed E-state index contributed by atoms with van der Waals surface area (Å²) in [5.74, 6) is -0.478. The van der Waals surface area contributed by atoms with Crippen LogP contribution in [0.5, 0.6) is 17.2 Å². The zero-order valence-electron chi connectivity index (χ0n) is 19.8. The number of carbonyl (C=O) groups excluding carboxylic acids is 2. The molecule has 0 saturated heterocycles. The Morgan fingerprint density at radius 3 is 2.03 bits per heavy atom. The first kappa shape index (κ1) is 27.9. The van der Waals surface area contributed by atoms with Gasteiger partial charge in [-0.1, -0.05) is 23.2 Å². The highest BCUT2D eigenvalue weighted by atomic mass is 35.5. The number of carbonyl (C=O) groups is 2. The van der Waals surface area contributed by atoms with E-state index in [9.17, 15) is 18.0 Å². The first-order valence-corrected chi connectivity index (χ1v) is 12.7. The molecule has 3 aromatic carbocycles. The minimum atomic E-state index is -3.93. The lowest BCUT2D eigenvalue weighted by atomic mass is 10.1. The van der Waals surface area contributed by atoms with Crippen LogP contribution in [0.4, 0.5) is 11.4 Å². The monoisotopic (exact) mass is 568 g/mol. The summed E-state index contributed by atoms with van der Waals surface area (Å²) >= 11 is 11.8. The predicted molar refractivity (Wildman–Crippen MR) is 139 cm³/mol. The van der Waals surface area contributed by atoms with E-state index in [1.807, 2.05) is 0 Å². The van der Waals surface area contributed by atoms with Gasteiger partial charge in [0.05, 0.1) is 43.2 Å². The van der Waals surface area contributed by atoms with Crippen LogP contribution in [0.2, 0.25) is 10.0 Å². The number of methoxy groups -OCH3 is 3. The van der Waals surface area contributed by atoms with E-state index in [1.54, 1.807) is 0 Å². The largest absolute Gasteiger partial charge is 0.493 e. The summed E-state index contributed by atoms with van der Waals surface area (Å²) in [6.07, 6.45) is 0. The molecule has 3 aromatic rings. The van der Waals surface area contributed by atoms with Crippen molar-refractivity contribution in [2.75, 3.05) is 38.0 Å². The van der Waals surface area contributed by atoms with Gasteiger partial charge in [-0.25, -0.2) is 13.2 Å². The van der Waals surface area contributed by atoms with Crippen LogP contribution in [0.3, 0.4) is 0 Å². The zero-order valence-corrected chi connectivity index (χ0v) is 22.2. The molecule has 0 saturated carbocycles. The Bertz CT molecular complexity index is 1390. The van der Waals surface area contributed by atoms with Crippen molar-refractivity contribution in [3.63, 3.8) is 0 Å². The van der Waals surface area contributed by atoms with Crippen molar-refractivity contribution in [2.45, 2.75) is 4.90 Å². The SMILES string of the molecule is COC(=O)c1cc(OC)c(OC)cc1NC(=O)COc1ccc(S(=O)(=O)Nc2cc(Cl)cc(Cl)c2)cc1. The lowest BCUT2D eigenvalue weighted by molar-refractivity contribution is -0.118. The van der Waals surface area contributed by atoms with Crippen LogP contribution >= 0.6 is 23.2 Å². The lowest BCUT2D eigenvalue weighted by Gasteiger charge is -2.15. The standard InChI is InChI=1S/C24H22Cl2N2O8S/c1-33-21-11-19(24(30)35-3)20(12-22(21)34-2)27-23(29)13-36-17-4-6-18(7-5-17)37(31,32)28-16-9-14(25)8-15(26)10-16/h4-12,28H,13H2,1-3H3,(H,27,29). The van der Waals surface area contributed by atoms with Crippen LogP contribution in [0.1, 0.15) is 10.4 Å². The maximum absolute atomic E-state index is 12.7. The van der Waals surface area contributed by atoms with Gasteiger partial charge in [-0.3, -0.25) is 9.52 Å². The van der Waals surface area contributed by atoms with Crippen molar-refractivity contribution in [3.8, 4) is 17.2 Å². The van der Waals surface area contributed by atoms with Gasteiger partial charge in [0, 0.05) is 22.2 Å². The van der Waals surface area contributed by atoms with Gasteiger partial charge < -0.3 is 24.3 Å². The van der Waals surface area contributed by atoms with Gasteiger partial charge in [0.1, 0.15) is 5.75 Å². The average Bonchev–Trinajstić information content (AvgIpc) is 2.86. The number of benzene rings is 3. The first-order chi connectivity index (χ1) is 17.6. The molecule has 0 spiro atoms. The summed E-state index contributed by atoms with van der Waals surface area (Å²) in [6, 6.07) is 12.5. The second-order valence-electron chi connectivity index (χ2n) is 7.32. The van der Waals surface area contributed by atoms with Crippen LogP contribution in [-0.2, 0) is 19.6 Å². The predicted octanol–water partition coefficient (Wildman–Crippen LogP) is 4.62. The van der Waals surface area contributed by atoms with Crippen molar-refractivity contribution in [2.24, 2.45) is 0 Å². The third kappa shape index (κ3) is 7.19. The van der Waals surface area contributed by atoms with E-state index in [0.717, 1.165) is 0 Å². The fourth-order valence-corrected chi connectivity index (χ4v) is 4.70. The molecule has 37 heavy (non-hydrogen) atoms. The van der Waals surface area contributed by atoms with Crippen LogP contribution in [0, 0.1) is 0 Å². The maximum Gasteiger partial charge on any atom is 0.340 e. The van der Waals surface area contributed by atoms with E-state index in [0.29, 0.717) is 0 Å². The molecule has 3 rings (SSSR count). The summed E-state index contributed by atoms with van der Waals surface area (Å²) in [5.41, 5.74) is 0.388. The quantitative estimate of drug-likeness (QED) is 0.339. The van der Waals surface area contributed by atoms with E-state index >= 15 is 0 Å². The van der Waals surface area contributed by atoms with Crippen LogP contribution in [-0.4, -0.2) is 48.2 Å². The molecule has 0 radical (unpaired) electrons. The molecule has 0 unspecified atom stereocenters. The summed E-state index contributed by atoms with van der Waals surface area (Å²) in [4.78, 5) is 24.6. The third-order valence-corrected chi connectivity index (χ3v) is 6.66. The molecule has 10 nitrogen and oxygen atoms in total. The summed E-state index contributed by atoms with van der Waals surface area (Å²) in [5, 5.41) is 3.12.